The minimum atomic E-state index is -0.533. The highest BCUT2D eigenvalue weighted by molar-refractivity contribution is 5.97. The first-order valence-corrected chi connectivity index (χ1v) is 9.48. The van der Waals surface area contributed by atoms with Crippen LogP contribution in [0.25, 0.3) is 22.1 Å². The lowest BCUT2D eigenvalue weighted by Gasteiger charge is -2.15. The Labute approximate surface area is 172 Å². The van der Waals surface area contributed by atoms with E-state index in [-0.39, 0.29) is 18.5 Å². The van der Waals surface area contributed by atoms with Gasteiger partial charge in [-0.15, -0.1) is 0 Å². The molecule has 0 fully saturated rings. The lowest BCUT2D eigenvalue weighted by Crippen LogP contribution is -2.13. The summed E-state index contributed by atoms with van der Waals surface area (Å²) >= 11 is 0. The molecule has 0 unspecified atom stereocenters. The Morgan fingerprint density at radius 2 is 1.83 bits per heavy atom. The van der Waals surface area contributed by atoms with Gasteiger partial charge >= 0.3 is 5.63 Å². The van der Waals surface area contributed by atoms with Gasteiger partial charge in [0.25, 0.3) is 0 Å². The molecule has 0 radical (unpaired) electrons. The van der Waals surface area contributed by atoms with Gasteiger partial charge in [-0.25, -0.2) is 4.79 Å². The third-order valence-electron chi connectivity index (χ3n) is 5.45. The van der Waals surface area contributed by atoms with Crippen LogP contribution in [-0.4, -0.2) is 27.1 Å². The van der Waals surface area contributed by atoms with Crippen LogP contribution in [0.3, 0.4) is 0 Å². The van der Waals surface area contributed by atoms with Crippen molar-refractivity contribution in [1.29, 1.82) is 0 Å². The van der Waals surface area contributed by atoms with E-state index in [1.165, 1.54) is 7.11 Å². The number of benzene rings is 2. The number of fused-ring (bicyclic) bond motifs is 3. The Morgan fingerprint density at radius 3 is 2.57 bits per heavy atom. The van der Waals surface area contributed by atoms with Crippen molar-refractivity contribution >= 4 is 11.0 Å². The summed E-state index contributed by atoms with van der Waals surface area (Å²) in [5.41, 5.74) is 2.49. The van der Waals surface area contributed by atoms with Gasteiger partial charge in [0.15, 0.2) is 11.5 Å². The van der Waals surface area contributed by atoms with E-state index < -0.39 is 5.63 Å². The zero-order valence-corrected chi connectivity index (χ0v) is 16.9. The average Bonchev–Trinajstić information content (AvgIpc) is 3.37. The molecule has 0 amide bonds. The molecule has 2 aromatic carbocycles. The van der Waals surface area contributed by atoms with E-state index in [0.29, 0.717) is 51.7 Å². The van der Waals surface area contributed by atoms with Gasteiger partial charge in [-0.1, -0.05) is 12.6 Å². The molecule has 7 heteroatoms. The summed E-state index contributed by atoms with van der Waals surface area (Å²) in [5, 5.41) is 0.581. The predicted octanol–water partition coefficient (Wildman–Crippen LogP) is 4.09. The fourth-order valence-corrected chi connectivity index (χ4v) is 4.00. The normalized spacial score (nSPS) is 16.3. The zero-order valence-electron chi connectivity index (χ0n) is 16.9. The summed E-state index contributed by atoms with van der Waals surface area (Å²) in [4.78, 5) is 13.0. The second kappa shape index (κ2) is 6.73. The van der Waals surface area contributed by atoms with Gasteiger partial charge in [-0.3, -0.25) is 0 Å². The molecule has 1 atom stereocenters. The van der Waals surface area contributed by atoms with Crippen LogP contribution in [0.2, 0.25) is 0 Å². The van der Waals surface area contributed by atoms with Gasteiger partial charge in [0.2, 0.25) is 6.79 Å². The van der Waals surface area contributed by atoms with Crippen LogP contribution < -0.4 is 29.3 Å². The Kier molecular flexibility index (Phi) is 4.13. The third kappa shape index (κ3) is 2.62. The number of ether oxygens (including phenoxy) is 5. The standard InChI is InChI=1S/C23H20O7/c1-11(2)15-8-13-16(29-15)9-18-20(21(13)25-3)22(26-4)19(23(24)30-18)12-5-6-14-17(7-12)28-10-27-14/h5-7,9,15H,1,8,10H2,2-4H3/t15-/m1/s1. The fourth-order valence-electron chi connectivity index (χ4n) is 4.00. The van der Waals surface area contributed by atoms with Crippen molar-refractivity contribution < 1.29 is 28.1 Å². The van der Waals surface area contributed by atoms with E-state index in [4.69, 9.17) is 28.1 Å². The van der Waals surface area contributed by atoms with Crippen LogP contribution >= 0.6 is 0 Å². The molecule has 3 heterocycles. The summed E-state index contributed by atoms with van der Waals surface area (Å²) in [6, 6.07) is 6.98. The van der Waals surface area contributed by atoms with Crippen molar-refractivity contribution in [2.45, 2.75) is 19.4 Å². The smallest absolute Gasteiger partial charge is 0.348 e. The molecular formula is C23H20O7. The highest BCUT2D eigenvalue weighted by Gasteiger charge is 2.32. The molecule has 2 aliphatic heterocycles. The molecule has 0 N–H and O–H groups in total. The summed E-state index contributed by atoms with van der Waals surface area (Å²) < 4.78 is 34.0. The van der Waals surface area contributed by atoms with Gasteiger partial charge in [-0.05, 0) is 30.2 Å². The fraction of sp³-hybridized carbons (Fsp3) is 0.261. The Morgan fingerprint density at radius 1 is 1.07 bits per heavy atom. The molecule has 0 saturated carbocycles. The van der Waals surface area contributed by atoms with E-state index in [9.17, 15) is 4.79 Å². The van der Waals surface area contributed by atoms with Crippen LogP contribution in [0.4, 0.5) is 0 Å². The molecule has 154 valence electrons. The zero-order chi connectivity index (χ0) is 21.0. The highest BCUT2D eigenvalue weighted by atomic mass is 16.7. The van der Waals surface area contributed by atoms with Crippen molar-refractivity contribution in [1.82, 2.24) is 0 Å². The molecular weight excluding hydrogens is 388 g/mol. The Hall–Kier alpha value is -3.61. The topological polar surface area (TPSA) is 76.4 Å². The predicted molar refractivity (Wildman–Crippen MR) is 110 cm³/mol. The van der Waals surface area contributed by atoms with Crippen LogP contribution in [0, 0.1) is 0 Å². The van der Waals surface area contributed by atoms with E-state index in [1.54, 1.807) is 31.4 Å². The second-order valence-electron chi connectivity index (χ2n) is 7.28. The maximum absolute atomic E-state index is 13.0. The van der Waals surface area contributed by atoms with E-state index in [1.807, 2.05) is 6.92 Å². The maximum atomic E-state index is 13.0. The van der Waals surface area contributed by atoms with E-state index in [0.717, 1.165) is 11.1 Å². The van der Waals surface area contributed by atoms with Gasteiger partial charge in [0.05, 0.1) is 14.2 Å². The molecule has 0 saturated heterocycles. The van der Waals surface area contributed by atoms with Gasteiger partial charge in [0, 0.05) is 18.1 Å². The SMILES string of the molecule is C=C(C)[C@H]1Cc2c(cc3oc(=O)c(-c4ccc5c(c4)OCO5)c(OC)c3c2OC)O1. The lowest BCUT2D eigenvalue weighted by molar-refractivity contribution is 0.174. The van der Waals surface area contributed by atoms with E-state index in [2.05, 4.69) is 6.58 Å². The Balaban J connectivity index is 1.79. The molecule has 1 aromatic heterocycles. The van der Waals surface area contributed by atoms with Crippen molar-refractivity contribution in [2.24, 2.45) is 0 Å². The molecule has 30 heavy (non-hydrogen) atoms. The van der Waals surface area contributed by atoms with Crippen LogP contribution in [0.15, 0.2) is 45.6 Å². The summed E-state index contributed by atoms with van der Waals surface area (Å²) in [7, 11) is 3.10. The first-order valence-electron chi connectivity index (χ1n) is 9.48. The molecule has 5 rings (SSSR count). The highest BCUT2D eigenvalue weighted by Crippen LogP contribution is 2.48. The van der Waals surface area contributed by atoms with Gasteiger partial charge in [0.1, 0.15) is 39.9 Å². The number of hydrogen-bond donors (Lipinski definition) is 0. The maximum Gasteiger partial charge on any atom is 0.348 e. The minimum absolute atomic E-state index is 0.145. The molecule has 0 spiro atoms. The first-order chi connectivity index (χ1) is 14.5. The number of methoxy groups -OCH3 is 2. The average molecular weight is 408 g/mol. The lowest BCUT2D eigenvalue weighted by atomic mass is 9.99. The Bertz CT molecular complexity index is 1250. The van der Waals surface area contributed by atoms with Gasteiger partial charge < -0.3 is 28.1 Å². The van der Waals surface area contributed by atoms with Crippen molar-refractivity contribution in [3.05, 3.63) is 52.4 Å². The molecule has 7 nitrogen and oxygen atoms in total. The summed E-state index contributed by atoms with van der Waals surface area (Å²) in [5.74, 6) is 2.75. The molecule has 2 aliphatic rings. The quantitative estimate of drug-likeness (QED) is 0.475. The number of hydrogen-bond acceptors (Lipinski definition) is 7. The summed E-state index contributed by atoms with van der Waals surface area (Å²) in [6.07, 6.45) is 0.461. The van der Waals surface area contributed by atoms with Crippen molar-refractivity contribution in [3.8, 4) is 39.9 Å². The van der Waals surface area contributed by atoms with E-state index >= 15 is 0 Å². The van der Waals surface area contributed by atoms with Crippen LogP contribution in [0.5, 0.6) is 28.7 Å². The third-order valence-corrected chi connectivity index (χ3v) is 5.45. The van der Waals surface area contributed by atoms with Crippen LogP contribution in [0.1, 0.15) is 12.5 Å². The van der Waals surface area contributed by atoms with Crippen molar-refractivity contribution in [3.63, 3.8) is 0 Å². The largest absolute Gasteiger partial charge is 0.495 e. The monoisotopic (exact) mass is 408 g/mol. The van der Waals surface area contributed by atoms with Crippen molar-refractivity contribution in [2.75, 3.05) is 21.0 Å². The molecule has 0 aliphatic carbocycles. The van der Waals surface area contributed by atoms with Gasteiger partial charge in [-0.2, -0.15) is 0 Å². The second-order valence-corrected chi connectivity index (χ2v) is 7.28. The molecule has 3 aromatic rings. The van der Waals surface area contributed by atoms with Crippen LogP contribution in [-0.2, 0) is 6.42 Å². The first kappa shape index (κ1) is 18.4. The number of rotatable bonds is 4. The molecule has 0 bridgehead atoms. The minimum Gasteiger partial charge on any atom is -0.495 e. The summed E-state index contributed by atoms with van der Waals surface area (Å²) in [6.45, 7) is 6.05.